The zero-order valence-electron chi connectivity index (χ0n) is 46.1. The molecule has 0 bridgehead atoms. The van der Waals surface area contributed by atoms with Crippen LogP contribution in [-0.2, 0) is 6.42 Å². The second-order valence-electron chi connectivity index (χ2n) is 22.2. The lowest BCUT2D eigenvalue weighted by Crippen LogP contribution is -2.20. The van der Waals surface area contributed by atoms with E-state index in [1.165, 1.54) is 76.1 Å². The van der Waals surface area contributed by atoms with Crippen molar-refractivity contribution >= 4 is 109 Å². The van der Waals surface area contributed by atoms with E-state index in [0.29, 0.717) is 6.54 Å². The Balaban J connectivity index is 0.978. The maximum atomic E-state index is 4.78. The zero-order valence-corrected chi connectivity index (χ0v) is 46.1. The van der Waals surface area contributed by atoms with Gasteiger partial charge >= 0.3 is 0 Å². The van der Waals surface area contributed by atoms with E-state index in [9.17, 15) is 0 Å². The Bertz CT molecular complexity index is 5460. The van der Waals surface area contributed by atoms with E-state index in [1.807, 2.05) is 0 Å². The van der Waals surface area contributed by atoms with Crippen molar-refractivity contribution in [3.8, 4) is 28.4 Å². The van der Waals surface area contributed by atoms with Gasteiger partial charge in [-0.3, -0.25) is 0 Å². The third kappa shape index (κ3) is 7.04. The summed E-state index contributed by atoms with van der Waals surface area (Å²) in [5.41, 5.74) is 21.0. The van der Waals surface area contributed by atoms with Gasteiger partial charge in [0, 0.05) is 84.0 Å². The lowest BCUT2D eigenvalue weighted by Gasteiger charge is -2.24. The molecule has 6 nitrogen and oxygen atoms in total. The summed E-state index contributed by atoms with van der Waals surface area (Å²) in [5, 5.41) is 10.9. The summed E-state index contributed by atoms with van der Waals surface area (Å²) in [7, 11) is 0. The summed E-state index contributed by atoms with van der Waals surface area (Å²) < 4.78 is 12.4. The molecular weight excluding hydrogens is 1020 g/mol. The number of benzene rings is 11. The van der Waals surface area contributed by atoms with Crippen molar-refractivity contribution in [2.75, 3.05) is 11.4 Å². The normalized spacial score (nSPS) is 14.1. The topological polar surface area (TPSA) is 27.9 Å². The summed E-state index contributed by atoms with van der Waals surface area (Å²) in [6, 6.07) is 93.5. The summed E-state index contributed by atoms with van der Waals surface area (Å²) in [6.45, 7) is 10.1. The van der Waals surface area contributed by atoms with Crippen molar-refractivity contribution in [2.24, 2.45) is 0 Å². The SMILES string of the molecule is C=C1/C=C\C=C/N(c2cc(-n3c4ccccc4c4c3ccc3c5ccccc5n(-c5ccccc5)c34)cc(-n3c4ccccc4c4ccc5c6ccccc6n(-c6ccccc6)c5c43)c2)CCc2c(n(-c3ccccc3)c3ccccc23)C1=C. The molecule has 6 heterocycles. The first-order valence-corrected chi connectivity index (χ1v) is 28.9. The van der Waals surface area contributed by atoms with E-state index in [4.69, 9.17) is 6.58 Å². The largest absolute Gasteiger partial charge is 0.348 e. The van der Waals surface area contributed by atoms with Crippen LogP contribution < -0.4 is 4.90 Å². The molecule has 0 amide bonds. The molecule has 0 unspecified atom stereocenters. The molecule has 0 spiro atoms. The Kier molecular flexibility index (Phi) is 10.6. The van der Waals surface area contributed by atoms with Crippen molar-refractivity contribution in [1.29, 1.82) is 0 Å². The van der Waals surface area contributed by atoms with Crippen molar-refractivity contribution < 1.29 is 0 Å². The van der Waals surface area contributed by atoms with Crippen LogP contribution in [0.4, 0.5) is 5.69 Å². The molecule has 1 aliphatic rings. The molecule has 0 N–H and O–H groups in total. The summed E-state index contributed by atoms with van der Waals surface area (Å²) in [4.78, 5) is 2.45. The van der Waals surface area contributed by atoms with Gasteiger partial charge in [-0.25, -0.2) is 0 Å². The fraction of sp³-hybridized carbons (Fsp3) is 0.0256. The predicted molar refractivity (Wildman–Crippen MR) is 355 cm³/mol. The van der Waals surface area contributed by atoms with Crippen LogP contribution in [0.2, 0.25) is 0 Å². The van der Waals surface area contributed by atoms with Gasteiger partial charge in [-0.05, 0) is 120 Å². The highest BCUT2D eigenvalue weighted by atomic mass is 15.1. The zero-order chi connectivity index (χ0) is 55.6. The minimum absolute atomic E-state index is 0.674. The Morgan fingerprint density at radius 2 is 0.702 bits per heavy atom. The quantitative estimate of drug-likeness (QED) is 0.163. The van der Waals surface area contributed by atoms with E-state index < -0.39 is 0 Å². The number of fused-ring (bicyclic) bond motifs is 17. The summed E-state index contributed by atoms with van der Waals surface area (Å²) >= 11 is 0. The number of nitrogens with zero attached hydrogens (tertiary/aromatic N) is 6. The first kappa shape index (κ1) is 47.7. The molecule has 11 aromatic carbocycles. The van der Waals surface area contributed by atoms with E-state index in [0.717, 1.165) is 85.0 Å². The molecule has 0 saturated carbocycles. The van der Waals surface area contributed by atoms with Crippen LogP contribution in [0.15, 0.2) is 298 Å². The van der Waals surface area contributed by atoms with Gasteiger partial charge in [0.1, 0.15) is 0 Å². The minimum atomic E-state index is 0.674. The predicted octanol–water partition coefficient (Wildman–Crippen LogP) is 19.7. The van der Waals surface area contributed by atoms with Crippen LogP contribution in [0, 0.1) is 0 Å². The maximum absolute atomic E-state index is 4.78. The van der Waals surface area contributed by atoms with Crippen LogP contribution in [-0.4, -0.2) is 29.4 Å². The molecule has 0 fully saturated rings. The van der Waals surface area contributed by atoms with Crippen molar-refractivity contribution in [2.45, 2.75) is 6.42 Å². The molecule has 0 atom stereocenters. The Labute approximate surface area is 485 Å². The van der Waals surface area contributed by atoms with Gasteiger partial charge in [-0.1, -0.05) is 189 Å². The molecule has 0 saturated heterocycles. The number of hydrogen-bond acceptors (Lipinski definition) is 1. The van der Waals surface area contributed by atoms with Gasteiger partial charge in [0.15, 0.2) is 0 Å². The minimum Gasteiger partial charge on any atom is -0.348 e. The number of hydrogen-bond donors (Lipinski definition) is 0. The smallest absolute Gasteiger partial charge is 0.0788 e. The average molecular weight is 1080 g/mol. The fourth-order valence-electron chi connectivity index (χ4n) is 14.1. The number of para-hydroxylation sites is 8. The molecule has 1 aliphatic heterocycles. The third-order valence-electron chi connectivity index (χ3n) is 17.6. The molecule has 5 aromatic heterocycles. The monoisotopic (exact) mass is 1070 g/mol. The summed E-state index contributed by atoms with van der Waals surface area (Å²) in [5.74, 6) is 0. The van der Waals surface area contributed by atoms with Gasteiger partial charge in [-0.15, -0.1) is 0 Å². The van der Waals surface area contributed by atoms with E-state index in [2.05, 4.69) is 314 Å². The standard InChI is InChI=1S/C78H54N6/c1-51-24-22-23-46-79(47-45-66-62-34-15-17-36-68(62)81(75(66)52(51)2)53-25-6-3-7-26-53)56-48-57(80-72-40-21-16-35-67(72)74-73(80)44-43-63-59-31-12-18-37-69(59)82(76(63)74)54-27-8-4-9-28-54)50-58(49-56)84-71-39-20-14-33-61(71)65-42-41-64-60-32-13-19-38-70(60)83(77(64)78(65)84)55-29-10-5-11-30-55/h3-44,46,48-50H,1-2,45,47H2/b24-22-,46-23-. The first-order valence-electron chi connectivity index (χ1n) is 28.9. The van der Waals surface area contributed by atoms with Crippen molar-refractivity contribution in [3.05, 3.63) is 309 Å². The van der Waals surface area contributed by atoms with Gasteiger partial charge < -0.3 is 27.7 Å². The number of allylic oxidation sites excluding steroid dienone is 5. The van der Waals surface area contributed by atoms with Crippen LogP contribution in [0.5, 0.6) is 0 Å². The molecule has 6 heteroatoms. The Morgan fingerprint density at radius 3 is 1.26 bits per heavy atom. The molecule has 16 aromatic rings. The highest BCUT2D eigenvalue weighted by Gasteiger charge is 2.27. The number of rotatable bonds is 6. The molecular formula is C78H54N6. The second-order valence-corrected chi connectivity index (χ2v) is 22.2. The van der Waals surface area contributed by atoms with E-state index >= 15 is 0 Å². The highest BCUT2D eigenvalue weighted by molar-refractivity contribution is 6.27. The number of anilines is 1. The fourth-order valence-corrected chi connectivity index (χ4v) is 14.1. The van der Waals surface area contributed by atoms with Gasteiger partial charge in [0.2, 0.25) is 0 Å². The average Bonchev–Trinajstić information content (AvgIpc) is 1.90. The molecule has 84 heavy (non-hydrogen) atoms. The van der Waals surface area contributed by atoms with Crippen LogP contribution in [0.3, 0.4) is 0 Å². The first-order chi connectivity index (χ1) is 41.6. The highest BCUT2D eigenvalue weighted by Crippen LogP contribution is 2.46. The Hall–Kier alpha value is -11.1. The summed E-state index contributed by atoms with van der Waals surface area (Å²) in [6.07, 6.45) is 9.36. The lowest BCUT2D eigenvalue weighted by atomic mass is 9.98. The lowest BCUT2D eigenvalue weighted by molar-refractivity contribution is 0.903. The number of aromatic nitrogens is 5. The van der Waals surface area contributed by atoms with Crippen molar-refractivity contribution in [1.82, 2.24) is 22.8 Å². The van der Waals surface area contributed by atoms with Crippen LogP contribution in [0.1, 0.15) is 11.3 Å². The second kappa shape index (κ2) is 18.7. The maximum Gasteiger partial charge on any atom is 0.0788 e. The van der Waals surface area contributed by atoms with E-state index in [-0.39, 0.29) is 0 Å². The molecule has 0 radical (unpaired) electrons. The molecule has 396 valence electrons. The van der Waals surface area contributed by atoms with Crippen LogP contribution in [0.25, 0.3) is 132 Å². The van der Waals surface area contributed by atoms with Crippen LogP contribution >= 0.6 is 0 Å². The van der Waals surface area contributed by atoms with Gasteiger partial charge in [-0.2, -0.15) is 0 Å². The van der Waals surface area contributed by atoms with Gasteiger partial charge in [0.25, 0.3) is 0 Å². The molecule has 0 aliphatic carbocycles. The van der Waals surface area contributed by atoms with Crippen molar-refractivity contribution in [3.63, 3.8) is 0 Å². The third-order valence-corrected chi connectivity index (χ3v) is 17.6. The molecule has 17 rings (SSSR count). The van der Waals surface area contributed by atoms with Gasteiger partial charge in [0.05, 0.1) is 66.7 Å². The Morgan fingerprint density at radius 1 is 0.298 bits per heavy atom. The van der Waals surface area contributed by atoms with E-state index in [1.54, 1.807) is 0 Å².